The van der Waals surface area contributed by atoms with E-state index in [0.717, 1.165) is 109 Å². The van der Waals surface area contributed by atoms with Gasteiger partial charge in [0.2, 0.25) is 0 Å². The van der Waals surface area contributed by atoms with Crippen LogP contribution in [0.5, 0.6) is 0 Å². The maximum absolute atomic E-state index is 12.8. The molecule has 0 radical (unpaired) electrons. The third-order valence-corrected chi connectivity index (χ3v) is 11.7. The van der Waals surface area contributed by atoms with Crippen molar-refractivity contribution in [3.8, 4) is 0 Å². The number of carboxylic acids is 1. The van der Waals surface area contributed by atoms with Crippen molar-refractivity contribution in [1.82, 2.24) is 0 Å². The number of carbonyl (C=O) groups excluding carboxylic acids is 2. The fraction of sp³-hybridized carbons (Fsp3) is 0.656. The molecule has 0 rings (SSSR count). The van der Waals surface area contributed by atoms with Crippen LogP contribution >= 0.6 is 0 Å². The van der Waals surface area contributed by atoms with E-state index in [0.29, 0.717) is 19.3 Å². The summed E-state index contributed by atoms with van der Waals surface area (Å²) in [5, 5.41) is 9.67. The summed E-state index contributed by atoms with van der Waals surface area (Å²) in [6.07, 6.45) is 70.0. The van der Waals surface area contributed by atoms with Gasteiger partial charge in [0.1, 0.15) is 6.61 Å². The fourth-order valence-electron chi connectivity index (χ4n) is 7.52. The van der Waals surface area contributed by atoms with E-state index in [-0.39, 0.29) is 36.2 Å². The van der Waals surface area contributed by atoms with Crippen molar-refractivity contribution in [1.29, 1.82) is 0 Å². The van der Waals surface area contributed by atoms with E-state index < -0.39 is 18.1 Å². The minimum absolute atomic E-state index is 0.0473. The van der Waals surface area contributed by atoms with Crippen LogP contribution in [0.4, 0.5) is 0 Å². The quantitative estimate of drug-likeness (QED) is 0.0281. The zero-order valence-electron chi connectivity index (χ0n) is 44.7. The SMILES string of the molecule is CC/C=C/C/C=C/C/C=C/C/C=C/C/C=C/CCCCCCCCC(=O)OC(COCCC(C(=O)O)[N+](C)(C)C)COC(=O)CCCCCCCCCCCC/C=C/C/C=C/C/C=C/C/C=C/CC. The second kappa shape index (κ2) is 50.4. The molecule has 0 heterocycles. The number of esters is 2. The van der Waals surface area contributed by atoms with Crippen molar-refractivity contribution in [2.75, 3.05) is 41.0 Å². The summed E-state index contributed by atoms with van der Waals surface area (Å²) in [5.74, 6) is -1.50. The number of carbonyl (C=O) groups is 3. The van der Waals surface area contributed by atoms with E-state index in [4.69, 9.17) is 14.2 Å². The highest BCUT2D eigenvalue weighted by Crippen LogP contribution is 2.15. The van der Waals surface area contributed by atoms with Crippen LogP contribution in [0.15, 0.2) is 109 Å². The number of rotatable bonds is 48. The second-order valence-electron chi connectivity index (χ2n) is 19.1. The summed E-state index contributed by atoms with van der Waals surface area (Å²) in [6.45, 7) is 4.49. The van der Waals surface area contributed by atoms with Crippen LogP contribution in [0.2, 0.25) is 0 Å². The third-order valence-electron chi connectivity index (χ3n) is 11.7. The Balaban J connectivity index is 4.26. The zero-order valence-corrected chi connectivity index (χ0v) is 44.7. The number of hydrogen-bond acceptors (Lipinski definition) is 6. The lowest BCUT2D eigenvalue weighted by atomic mass is 10.1. The van der Waals surface area contributed by atoms with Gasteiger partial charge in [-0.15, -0.1) is 0 Å². The van der Waals surface area contributed by atoms with Gasteiger partial charge in [-0.1, -0.05) is 200 Å². The summed E-state index contributed by atoms with van der Waals surface area (Å²) in [5.41, 5.74) is 0. The van der Waals surface area contributed by atoms with Gasteiger partial charge in [0.25, 0.3) is 0 Å². The number of hydrogen-bond donors (Lipinski definition) is 1. The second-order valence-corrected chi connectivity index (χ2v) is 19.1. The van der Waals surface area contributed by atoms with Crippen LogP contribution in [0.25, 0.3) is 0 Å². The third kappa shape index (κ3) is 48.8. The summed E-state index contributed by atoms with van der Waals surface area (Å²) < 4.78 is 17.4. The molecule has 1 N–H and O–H groups in total. The Morgan fingerprint density at radius 1 is 0.435 bits per heavy atom. The predicted molar refractivity (Wildman–Crippen MR) is 293 cm³/mol. The van der Waals surface area contributed by atoms with Crippen LogP contribution in [0.3, 0.4) is 0 Å². The minimum Gasteiger partial charge on any atom is -0.477 e. The standard InChI is InChI=1S/C61H101NO7/c1-6-8-10-12-14-16-18-20-22-24-26-28-30-32-33-35-37-39-41-43-45-47-49-51-59(63)68-56-57(55-67-54-53-58(61(65)66)62(3,4)5)69-60(64)52-50-48-46-44-42-40-38-36-34-31-29-27-25-23-21-19-17-15-13-11-9-7-2/h8-11,14-17,20-23,26-29,34,36,57-58H,6-7,12-13,18-19,24-25,30-33,35,37-56H2,1-5H3/p+1/b10-8+,11-9+,16-14+,17-15+,22-20+,23-21+,28-26+,29-27+,36-34+. The first-order valence-corrected chi connectivity index (χ1v) is 27.4. The number of ether oxygens (including phenoxy) is 3. The Kier molecular flexibility index (Phi) is 47.5. The number of carboxylic acid groups (broad SMARTS) is 1. The molecule has 0 amide bonds. The molecular weight excluding hydrogens is 859 g/mol. The van der Waals surface area contributed by atoms with Crippen molar-refractivity contribution in [3.63, 3.8) is 0 Å². The topological polar surface area (TPSA) is 99.1 Å². The van der Waals surface area contributed by atoms with Crippen LogP contribution in [0.1, 0.15) is 206 Å². The molecule has 2 atom stereocenters. The predicted octanol–water partition coefficient (Wildman–Crippen LogP) is 16.4. The maximum atomic E-state index is 12.8. The summed E-state index contributed by atoms with van der Waals surface area (Å²) in [4.78, 5) is 37.3. The molecule has 0 bridgehead atoms. The molecule has 0 fully saturated rings. The van der Waals surface area contributed by atoms with Crippen molar-refractivity contribution < 1.29 is 38.2 Å². The van der Waals surface area contributed by atoms with Gasteiger partial charge in [0.15, 0.2) is 12.1 Å². The number of aliphatic carboxylic acids is 1. The summed E-state index contributed by atoms with van der Waals surface area (Å²) in [7, 11) is 5.52. The van der Waals surface area contributed by atoms with Gasteiger partial charge in [-0.05, 0) is 96.3 Å². The molecule has 0 saturated carbocycles. The van der Waals surface area contributed by atoms with Crippen LogP contribution in [0, 0.1) is 0 Å². The Bertz CT molecular complexity index is 1490. The molecule has 8 nitrogen and oxygen atoms in total. The molecule has 0 aromatic heterocycles. The Hall–Kier alpha value is -4.01. The normalized spacial score (nSPS) is 13.7. The zero-order chi connectivity index (χ0) is 50.6. The monoisotopic (exact) mass is 961 g/mol. The van der Waals surface area contributed by atoms with Crippen molar-refractivity contribution in [2.24, 2.45) is 0 Å². The Morgan fingerprint density at radius 3 is 1.13 bits per heavy atom. The molecule has 0 saturated heterocycles. The van der Waals surface area contributed by atoms with E-state index in [1.54, 1.807) is 0 Å². The first-order valence-electron chi connectivity index (χ1n) is 27.4. The molecule has 0 aromatic rings. The van der Waals surface area contributed by atoms with E-state index in [9.17, 15) is 19.5 Å². The van der Waals surface area contributed by atoms with Gasteiger partial charge < -0.3 is 23.8 Å². The van der Waals surface area contributed by atoms with Crippen molar-refractivity contribution in [2.45, 2.75) is 219 Å². The molecule has 0 aliphatic carbocycles. The molecule has 69 heavy (non-hydrogen) atoms. The van der Waals surface area contributed by atoms with E-state index in [1.807, 2.05) is 21.1 Å². The summed E-state index contributed by atoms with van der Waals surface area (Å²) in [6, 6.07) is -0.626. The van der Waals surface area contributed by atoms with Crippen molar-refractivity contribution >= 4 is 17.9 Å². The van der Waals surface area contributed by atoms with E-state index >= 15 is 0 Å². The number of allylic oxidation sites excluding steroid dienone is 18. The van der Waals surface area contributed by atoms with Gasteiger partial charge in [-0.25, -0.2) is 4.79 Å². The lowest BCUT2D eigenvalue weighted by Gasteiger charge is -2.31. The molecule has 0 aromatic carbocycles. The van der Waals surface area contributed by atoms with Crippen LogP contribution in [-0.2, 0) is 28.6 Å². The average Bonchev–Trinajstić information content (AvgIpc) is 3.31. The van der Waals surface area contributed by atoms with Crippen LogP contribution in [-0.4, -0.2) is 80.6 Å². The van der Waals surface area contributed by atoms with E-state index in [1.165, 1.54) is 64.2 Å². The highest BCUT2D eigenvalue weighted by atomic mass is 16.6. The Labute approximate surface area is 423 Å². The maximum Gasteiger partial charge on any atom is 0.362 e. The first kappa shape index (κ1) is 65.0. The summed E-state index contributed by atoms with van der Waals surface area (Å²) >= 11 is 0. The molecule has 0 spiro atoms. The van der Waals surface area contributed by atoms with Gasteiger partial charge in [-0.3, -0.25) is 9.59 Å². The van der Waals surface area contributed by atoms with E-state index in [2.05, 4.69) is 123 Å². The molecule has 392 valence electrons. The lowest BCUT2D eigenvalue weighted by molar-refractivity contribution is -0.887. The van der Waals surface area contributed by atoms with Crippen molar-refractivity contribution in [3.05, 3.63) is 109 Å². The van der Waals surface area contributed by atoms with Gasteiger partial charge in [0.05, 0.1) is 34.4 Å². The van der Waals surface area contributed by atoms with Crippen LogP contribution < -0.4 is 0 Å². The molecule has 8 heteroatoms. The number of nitrogens with zero attached hydrogens (tertiary/aromatic N) is 1. The average molecular weight is 961 g/mol. The number of quaternary nitrogens is 1. The Morgan fingerprint density at radius 2 is 0.768 bits per heavy atom. The molecule has 0 aliphatic heterocycles. The highest BCUT2D eigenvalue weighted by molar-refractivity contribution is 5.72. The number of unbranched alkanes of at least 4 members (excludes halogenated alkanes) is 16. The molecular formula is C61H102NO7+. The first-order chi connectivity index (χ1) is 33.6. The fourth-order valence-corrected chi connectivity index (χ4v) is 7.52. The molecule has 2 unspecified atom stereocenters. The highest BCUT2D eigenvalue weighted by Gasteiger charge is 2.31. The largest absolute Gasteiger partial charge is 0.477 e. The van der Waals surface area contributed by atoms with Gasteiger partial charge in [0, 0.05) is 19.3 Å². The number of likely N-dealkylation sites (N-methyl/N-ethyl adjacent to an activating group) is 1. The smallest absolute Gasteiger partial charge is 0.362 e. The van der Waals surface area contributed by atoms with Gasteiger partial charge in [-0.2, -0.15) is 0 Å². The molecule has 0 aliphatic rings. The lowest BCUT2D eigenvalue weighted by Crippen LogP contribution is -2.50. The van der Waals surface area contributed by atoms with Gasteiger partial charge >= 0.3 is 17.9 Å². The minimum atomic E-state index is -0.881.